The number of thiazole rings is 1. The van der Waals surface area contributed by atoms with Crippen LogP contribution in [-0.4, -0.2) is 20.7 Å². The van der Waals surface area contributed by atoms with E-state index in [9.17, 15) is 5.11 Å². The molecule has 4 aliphatic carbocycles. The van der Waals surface area contributed by atoms with Gasteiger partial charge in [0, 0.05) is 11.6 Å². The van der Waals surface area contributed by atoms with Crippen molar-refractivity contribution in [1.29, 1.82) is 0 Å². The molecule has 0 spiro atoms. The largest absolute Gasteiger partial charge is 0.377 e. The van der Waals surface area contributed by atoms with Crippen molar-refractivity contribution in [3.8, 4) is 12.3 Å². The number of nitrogens with one attached hydrogen (secondary N) is 1. The number of allylic oxidation sites excluding steroid dienone is 2. The quantitative estimate of drug-likeness (QED) is 0.530. The maximum atomic E-state index is 11.2. The summed E-state index contributed by atoms with van der Waals surface area (Å²) in [5.74, 6) is 5.43. The van der Waals surface area contributed by atoms with Crippen LogP contribution in [-0.2, 0) is 6.42 Å². The van der Waals surface area contributed by atoms with Gasteiger partial charge in [-0.05, 0) is 92.2 Å². The smallest absolute Gasteiger partial charge is 0.189 e. The molecule has 0 aliphatic heterocycles. The third kappa shape index (κ3) is 2.93. The lowest BCUT2D eigenvalue weighted by Gasteiger charge is -2.57. The first-order valence-electron chi connectivity index (χ1n) is 12.4. The van der Waals surface area contributed by atoms with Gasteiger partial charge in [-0.25, -0.2) is 9.97 Å². The van der Waals surface area contributed by atoms with Crippen molar-refractivity contribution in [2.24, 2.45) is 28.6 Å². The van der Waals surface area contributed by atoms with Gasteiger partial charge in [-0.3, -0.25) is 0 Å². The number of aromatic nitrogens is 2. The molecule has 0 aromatic carbocycles. The Labute approximate surface area is 200 Å². The van der Waals surface area contributed by atoms with Crippen molar-refractivity contribution < 1.29 is 5.11 Å². The van der Waals surface area contributed by atoms with E-state index in [1.807, 2.05) is 12.3 Å². The molecule has 33 heavy (non-hydrogen) atoms. The number of aliphatic hydroxyl groups is 1. The highest BCUT2D eigenvalue weighted by molar-refractivity contribution is 7.16. The molecular weight excluding hydrogens is 426 g/mol. The zero-order chi connectivity index (χ0) is 23.0. The van der Waals surface area contributed by atoms with Crippen molar-refractivity contribution in [2.75, 3.05) is 5.32 Å². The number of fused-ring (bicyclic) bond motifs is 7. The minimum atomic E-state index is -0.935. The lowest BCUT2D eigenvalue weighted by atomic mass is 9.47. The Morgan fingerprint density at radius 2 is 2.00 bits per heavy atom. The molecule has 6 atom stereocenters. The van der Waals surface area contributed by atoms with Gasteiger partial charge in [-0.2, -0.15) is 0 Å². The van der Waals surface area contributed by atoms with E-state index in [1.165, 1.54) is 16.1 Å². The molecule has 5 heteroatoms. The van der Waals surface area contributed by atoms with Crippen LogP contribution in [0.25, 0.3) is 5.57 Å². The SMILES string of the molecule is C#C[C@]1(O)CC[C@H]2[C@@H]3CC=C4c5sc(Nc6ccc(C)cn6)nc5CC[C@]4(C)[C@H]3CC[C@@]21C. The number of rotatable bonds is 2. The highest BCUT2D eigenvalue weighted by Gasteiger charge is 2.63. The molecule has 2 aromatic rings. The predicted molar refractivity (Wildman–Crippen MR) is 134 cm³/mol. The Bertz CT molecular complexity index is 1180. The first-order chi connectivity index (χ1) is 15.8. The Morgan fingerprint density at radius 1 is 1.18 bits per heavy atom. The van der Waals surface area contributed by atoms with E-state index in [4.69, 9.17) is 11.4 Å². The molecular formula is C28H33N3OS. The van der Waals surface area contributed by atoms with Crippen LogP contribution in [0.2, 0.25) is 0 Å². The van der Waals surface area contributed by atoms with Crippen molar-refractivity contribution in [3.05, 3.63) is 40.5 Å². The number of hydrogen-bond donors (Lipinski definition) is 2. The first-order valence-corrected chi connectivity index (χ1v) is 13.2. The summed E-state index contributed by atoms with van der Waals surface area (Å²) in [6.07, 6.45) is 17.5. The third-order valence-electron chi connectivity index (χ3n) is 9.82. The first kappa shape index (κ1) is 21.4. The molecule has 2 aromatic heterocycles. The lowest BCUT2D eigenvalue weighted by molar-refractivity contribution is -0.0886. The number of pyridine rings is 1. The van der Waals surface area contributed by atoms with Crippen LogP contribution in [0.1, 0.15) is 68.5 Å². The molecule has 172 valence electrons. The molecule has 4 aliphatic rings. The lowest BCUT2D eigenvalue weighted by Crippen LogP contribution is -2.53. The van der Waals surface area contributed by atoms with E-state index >= 15 is 0 Å². The second-order valence-corrected chi connectivity index (χ2v) is 12.3. The van der Waals surface area contributed by atoms with Gasteiger partial charge < -0.3 is 10.4 Å². The van der Waals surface area contributed by atoms with E-state index in [2.05, 4.69) is 49.1 Å². The second kappa shape index (κ2) is 7.17. The Balaban J connectivity index is 1.32. The van der Waals surface area contributed by atoms with E-state index in [1.54, 1.807) is 11.3 Å². The summed E-state index contributed by atoms with van der Waals surface area (Å²) in [6, 6.07) is 4.09. The summed E-state index contributed by atoms with van der Waals surface area (Å²) in [6.45, 7) is 6.81. The van der Waals surface area contributed by atoms with Gasteiger partial charge in [-0.1, -0.05) is 43.2 Å². The number of nitrogens with zero attached hydrogens (tertiary/aromatic N) is 2. The number of terminal acetylenes is 1. The van der Waals surface area contributed by atoms with Gasteiger partial charge in [-0.15, -0.1) is 6.42 Å². The molecule has 2 heterocycles. The minimum absolute atomic E-state index is 0.146. The maximum absolute atomic E-state index is 11.2. The zero-order valence-corrected chi connectivity index (χ0v) is 20.6. The van der Waals surface area contributed by atoms with Crippen molar-refractivity contribution in [2.45, 2.75) is 71.3 Å². The Morgan fingerprint density at radius 3 is 2.76 bits per heavy atom. The van der Waals surface area contributed by atoms with Gasteiger partial charge in [0.25, 0.3) is 0 Å². The fourth-order valence-electron chi connectivity index (χ4n) is 7.83. The topological polar surface area (TPSA) is 58.0 Å². The summed E-state index contributed by atoms with van der Waals surface area (Å²) in [4.78, 5) is 10.8. The second-order valence-electron chi connectivity index (χ2n) is 11.3. The molecule has 0 bridgehead atoms. The van der Waals surface area contributed by atoms with Gasteiger partial charge in [0.05, 0.1) is 10.6 Å². The summed E-state index contributed by atoms with van der Waals surface area (Å²) >= 11 is 1.78. The van der Waals surface area contributed by atoms with Crippen molar-refractivity contribution >= 4 is 27.9 Å². The predicted octanol–water partition coefficient (Wildman–Crippen LogP) is 6.14. The normalized spacial score (nSPS) is 38.9. The maximum Gasteiger partial charge on any atom is 0.189 e. The van der Waals surface area contributed by atoms with Crippen LogP contribution in [0.4, 0.5) is 10.9 Å². The van der Waals surface area contributed by atoms with Crippen LogP contribution in [0.3, 0.4) is 0 Å². The number of aryl methyl sites for hydroxylation is 2. The fourth-order valence-corrected chi connectivity index (χ4v) is 9.03. The fraction of sp³-hybridized carbons (Fsp3) is 0.571. The van der Waals surface area contributed by atoms with Crippen LogP contribution in [0.5, 0.6) is 0 Å². The van der Waals surface area contributed by atoms with E-state index in [0.717, 1.165) is 61.5 Å². The van der Waals surface area contributed by atoms with Crippen LogP contribution in [0.15, 0.2) is 24.4 Å². The van der Waals surface area contributed by atoms with E-state index in [-0.39, 0.29) is 10.8 Å². The van der Waals surface area contributed by atoms with Gasteiger partial charge in [0.2, 0.25) is 0 Å². The highest BCUT2D eigenvalue weighted by Crippen LogP contribution is 2.68. The summed E-state index contributed by atoms with van der Waals surface area (Å²) < 4.78 is 0. The molecule has 0 saturated heterocycles. The Kier molecular flexibility index (Phi) is 4.64. The van der Waals surface area contributed by atoms with Crippen LogP contribution in [0, 0.1) is 47.9 Å². The summed E-state index contributed by atoms with van der Waals surface area (Å²) in [7, 11) is 0. The monoisotopic (exact) mass is 459 g/mol. The molecule has 0 radical (unpaired) electrons. The van der Waals surface area contributed by atoms with Crippen LogP contribution < -0.4 is 5.32 Å². The van der Waals surface area contributed by atoms with E-state index in [0.29, 0.717) is 17.8 Å². The van der Waals surface area contributed by atoms with Crippen molar-refractivity contribution in [3.63, 3.8) is 0 Å². The Hall–Kier alpha value is -2.16. The van der Waals surface area contributed by atoms with Crippen molar-refractivity contribution in [1.82, 2.24) is 9.97 Å². The molecule has 0 amide bonds. The molecule has 2 fully saturated rings. The number of hydrogen-bond acceptors (Lipinski definition) is 5. The number of anilines is 2. The van der Waals surface area contributed by atoms with Crippen LogP contribution >= 0.6 is 11.3 Å². The molecule has 4 nitrogen and oxygen atoms in total. The minimum Gasteiger partial charge on any atom is -0.377 e. The zero-order valence-electron chi connectivity index (χ0n) is 19.8. The van der Waals surface area contributed by atoms with Gasteiger partial charge in [0.15, 0.2) is 5.13 Å². The average Bonchev–Trinajstić information content (AvgIpc) is 3.33. The molecule has 2 saturated carbocycles. The summed E-state index contributed by atoms with van der Waals surface area (Å²) in [5, 5.41) is 15.6. The third-order valence-corrected chi connectivity index (χ3v) is 10.9. The molecule has 0 unspecified atom stereocenters. The average molecular weight is 460 g/mol. The molecule has 2 N–H and O–H groups in total. The highest BCUT2D eigenvalue weighted by atomic mass is 32.1. The standard InChI is InChI=1S/C28H33N3OS/c1-5-28(32)15-11-20-18-7-8-21-24-22(12-13-26(21,3)19(18)10-14-27(20,28)4)30-25(33-24)31-23-9-6-17(2)16-29-23/h1,6,8-9,16,18-20,32H,7,10-15H2,2-4H3,(H,29,30,31)/t18-,19+,20+,26-,27+,28+/m1/s1. The van der Waals surface area contributed by atoms with E-state index < -0.39 is 5.60 Å². The van der Waals surface area contributed by atoms with Gasteiger partial charge in [0.1, 0.15) is 11.4 Å². The molecule has 6 rings (SSSR count). The van der Waals surface area contributed by atoms with Gasteiger partial charge >= 0.3 is 0 Å². The summed E-state index contributed by atoms with van der Waals surface area (Å²) in [5.41, 5.74) is 3.01.